The van der Waals surface area contributed by atoms with Crippen LogP contribution in [0, 0.1) is 12.7 Å². The molecule has 5 heteroatoms. The smallest absolute Gasteiger partial charge is 0.254 e. The SMILES string of the molecule is COCCOCCNC(=O)c1cccc(C)c1F. The second-order valence-electron chi connectivity index (χ2n) is 3.80. The summed E-state index contributed by atoms with van der Waals surface area (Å²) >= 11 is 0. The molecule has 18 heavy (non-hydrogen) atoms. The van der Waals surface area contributed by atoms with Crippen LogP contribution in [0.15, 0.2) is 18.2 Å². The number of nitrogens with one attached hydrogen (secondary N) is 1. The maximum atomic E-state index is 13.6. The van der Waals surface area contributed by atoms with Crippen LogP contribution in [0.5, 0.6) is 0 Å². The fraction of sp³-hybridized carbons (Fsp3) is 0.462. The van der Waals surface area contributed by atoms with Crippen LogP contribution in [0.4, 0.5) is 4.39 Å². The van der Waals surface area contributed by atoms with Crippen LogP contribution in [0.25, 0.3) is 0 Å². The quantitative estimate of drug-likeness (QED) is 0.752. The fourth-order valence-corrected chi connectivity index (χ4v) is 1.40. The largest absolute Gasteiger partial charge is 0.382 e. The van der Waals surface area contributed by atoms with Crippen molar-refractivity contribution in [1.29, 1.82) is 0 Å². The van der Waals surface area contributed by atoms with Crippen LogP contribution in [-0.4, -0.2) is 39.4 Å². The Hall–Kier alpha value is -1.46. The number of carbonyl (C=O) groups is 1. The van der Waals surface area contributed by atoms with Crippen molar-refractivity contribution in [2.24, 2.45) is 0 Å². The summed E-state index contributed by atoms with van der Waals surface area (Å²) in [5.41, 5.74) is 0.519. The first-order valence-electron chi connectivity index (χ1n) is 5.76. The second-order valence-corrected chi connectivity index (χ2v) is 3.80. The fourth-order valence-electron chi connectivity index (χ4n) is 1.40. The molecule has 0 saturated heterocycles. The van der Waals surface area contributed by atoms with E-state index in [4.69, 9.17) is 9.47 Å². The van der Waals surface area contributed by atoms with E-state index in [1.165, 1.54) is 6.07 Å². The van der Waals surface area contributed by atoms with Gasteiger partial charge in [0.25, 0.3) is 5.91 Å². The van der Waals surface area contributed by atoms with E-state index in [1.807, 2.05) is 0 Å². The lowest BCUT2D eigenvalue weighted by atomic mass is 10.1. The van der Waals surface area contributed by atoms with Gasteiger partial charge in [0.1, 0.15) is 5.82 Å². The number of rotatable bonds is 7. The molecule has 1 aromatic carbocycles. The number of hydrogen-bond acceptors (Lipinski definition) is 3. The molecule has 0 aliphatic heterocycles. The lowest BCUT2D eigenvalue weighted by molar-refractivity contribution is 0.0692. The van der Waals surface area contributed by atoms with Gasteiger partial charge in [0.15, 0.2) is 0 Å². The zero-order valence-corrected chi connectivity index (χ0v) is 10.7. The number of amides is 1. The summed E-state index contributed by atoms with van der Waals surface area (Å²) in [5.74, 6) is -0.901. The van der Waals surface area contributed by atoms with Gasteiger partial charge in [0.2, 0.25) is 0 Å². The van der Waals surface area contributed by atoms with Gasteiger partial charge in [-0.1, -0.05) is 12.1 Å². The molecule has 100 valence electrons. The molecule has 0 bridgehead atoms. The van der Waals surface area contributed by atoms with Gasteiger partial charge in [0.05, 0.1) is 25.4 Å². The summed E-state index contributed by atoms with van der Waals surface area (Å²) in [7, 11) is 1.59. The van der Waals surface area contributed by atoms with Crippen molar-refractivity contribution >= 4 is 5.91 Å². The molecule has 0 saturated carbocycles. The van der Waals surface area contributed by atoms with Crippen molar-refractivity contribution in [3.8, 4) is 0 Å². The normalized spacial score (nSPS) is 10.4. The topological polar surface area (TPSA) is 47.6 Å². The molecule has 0 aliphatic rings. The highest BCUT2D eigenvalue weighted by molar-refractivity contribution is 5.94. The Balaban J connectivity index is 2.35. The molecule has 0 radical (unpaired) electrons. The van der Waals surface area contributed by atoms with Crippen molar-refractivity contribution in [2.45, 2.75) is 6.92 Å². The van der Waals surface area contributed by atoms with Crippen LogP contribution in [0.2, 0.25) is 0 Å². The third kappa shape index (κ3) is 4.43. The molecular formula is C13H18FNO3. The monoisotopic (exact) mass is 255 g/mol. The Kier molecular flexibility index (Phi) is 6.32. The van der Waals surface area contributed by atoms with E-state index in [-0.39, 0.29) is 5.56 Å². The van der Waals surface area contributed by atoms with Crippen molar-refractivity contribution in [2.75, 3.05) is 33.5 Å². The van der Waals surface area contributed by atoms with Gasteiger partial charge in [-0.05, 0) is 18.6 Å². The van der Waals surface area contributed by atoms with Gasteiger partial charge >= 0.3 is 0 Å². The summed E-state index contributed by atoms with van der Waals surface area (Å²) in [6.07, 6.45) is 0. The van der Waals surface area contributed by atoms with Crippen LogP contribution in [0.3, 0.4) is 0 Å². The number of carbonyl (C=O) groups excluding carboxylic acids is 1. The highest BCUT2D eigenvalue weighted by atomic mass is 19.1. The van der Waals surface area contributed by atoms with E-state index < -0.39 is 11.7 Å². The average Bonchev–Trinajstić information content (AvgIpc) is 2.36. The van der Waals surface area contributed by atoms with Crippen LogP contribution >= 0.6 is 0 Å². The summed E-state index contributed by atoms with van der Waals surface area (Å²) < 4.78 is 23.6. The van der Waals surface area contributed by atoms with Gasteiger partial charge in [-0.15, -0.1) is 0 Å². The maximum Gasteiger partial charge on any atom is 0.254 e. The molecule has 4 nitrogen and oxygen atoms in total. The molecule has 0 fully saturated rings. The number of aryl methyl sites for hydroxylation is 1. The number of benzene rings is 1. The third-order valence-corrected chi connectivity index (χ3v) is 2.40. The summed E-state index contributed by atoms with van der Waals surface area (Å²) in [6.45, 7) is 3.34. The number of ether oxygens (including phenoxy) is 2. The number of hydrogen-bond donors (Lipinski definition) is 1. The first kappa shape index (κ1) is 14.6. The second kappa shape index (κ2) is 7.79. The Morgan fingerprint density at radius 2 is 2.11 bits per heavy atom. The number of methoxy groups -OCH3 is 1. The van der Waals surface area contributed by atoms with E-state index in [2.05, 4.69) is 5.32 Å². The van der Waals surface area contributed by atoms with E-state index >= 15 is 0 Å². The average molecular weight is 255 g/mol. The van der Waals surface area contributed by atoms with Crippen molar-refractivity contribution < 1.29 is 18.7 Å². The third-order valence-electron chi connectivity index (χ3n) is 2.40. The lowest BCUT2D eigenvalue weighted by Gasteiger charge is -2.07. The zero-order chi connectivity index (χ0) is 13.4. The van der Waals surface area contributed by atoms with Crippen molar-refractivity contribution in [3.05, 3.63) is 35.1 Å². The van der Waals surface area contributed by atoms with Gasteiger partial charge in [-0.3, -0.25) is 4.79 Å². The molecule has 0 spiro atoms. The summed E-state index contributed by atoms with van der Waals surface area (Å²) in [5, 5.41) is 2.60. The first-order valence-corrected chi connectivity index (χ1v) is 5.76. The predicted octanol–water partition coefficient (Wildman–Crippen LogP) is 1.53. The Bertz CT molecular complexity index is 396. The molecular weight excluding hydrogens is 237 g/mol. The minimum atomic E-state index is -0.477. The molecule has 0 aromatic heterocycles. The minimum Gasteiger partial charge on any atom is -0.382 e. The zero-order valence-electron chi connectivity index (χ0n) is 10.7. The van der Waals surface area contributed by atoms with Crippen molar-refractivity contribution in [1.82, 2.24) is 5.32 Å². The highest BCUT2D eigenvalue weighted by Gasteiger charge is 2.12. The number of halogens is 1. The molecule has 1 N–H and O–H groups in total. The standard InChI is InChI=1S/C13H18FNO3/c1-10-4-3-5-11(12(10)14)13(16)15-6-7-18-9-8-17-2/h3-5H,6-9H2,1-2H3,(H,15,16). The van der Waals surface area contributed by atoms with Crippen molar-refractivity contribution in [3.63, 3.8) is 0 Å². The van der Waals surface area contributed by atoms with E-state index in [1.54, 1.807) is 26.2 Å². The van der Waals surface area contributed by atoms with E-state index in [0.717, 1.165) is 0 Å². The van der Waals surface area contributed by atoms with Gasteiger partial charge in [-0.2, -0.15) is 0 Å². The van der Waals surface area contributed by atoms with Gasteiger partial charge in [-0.25, -0.2) is 4.39 Å². The van der Waals surface area contributed by atoms with Crippen LogP contribution in [-0.2, 0) is 9.47 Å². The Morgan fingerprint density at radius 3 is 2.83 bits per heavy atom. The van der Waals surface area contributed by atoms with Gasteiger partial charge in [0, 0.05) is 13.7 Å². The van der Waals surface area contributed by atoms with E-state index in [9.17, 15) is 9.18 Å². The van der Waals surface area contributed by atoms with Crippen LogP contribution in [0.1, 0.15) is 15.9 Å². The van der Waals surface area contributed by atoms with Gasteiger partial charge < -0.3 is 14.8 Å². The molecule has 1 amide bonds. The Morgan fingerprint density at radius 1 is 1.33 bits per heavy atom. The lowest BCUT2D eigenvalue weighted by Crippen LogP contribution is -2.28. The molecule has 1 rings (SSSR count). The molecule has 1 aromatic rings. The van der Waals surface area contributed by atoms with Crippen LogP contribution < -0.4 is 5.32 Å². The van der Waals surface area contributed by atoms with E-state index in [0.29, 0.717) is 31.9 Å². The molecule has 0 atom stereocenters. The first-order chi connectivity index (χ1) is 8.66. The summed E-state index contributed by atoms with van der Waals surface area (Å²) in [4.78, 5) is 11.7. The Labute approximate surface area is 106 Å². The maximum absolute atomic E-state index is 13.6. The minimum absolute atomic E-state index is 0.0619. The molecule has 0 heterocycles. The summed E-state index contributed by atoms with van der Waals surface area (Å²) in [6, 6.07) is 4.74. The molecule has 0 unspecified atom stereocenters. The highest BCUT2D eigenvalue weighted by Crippen LogP contribution is 2.11. The molecule has 0 aliphatic carbocycles. The predicted molar refractivity (Wildman–Crippen MR) is 66.2 cm³/mol.